The van der Waals surface area contributed by atoms with E-state index in [1.807, 2.05) is 0 Å². The highest BCUT2D eigenvalue weighted by molar-refractivity contribution is 5.46. The smallest absolute Gasteiger partial charge is 0.161 e. The fraction of sp³-hybridized carbons (Fsp3) is 0.200. The molecule has 0 amide bonds. The summed E-state index contributed by atoms with van der Waals surface area (Å²) >= 11 is 0. The van der Waals surface area contributed by atoms with Crippen LogP contribution in [0.15, 0.2) is 30.3 Å². The van der Waals surface area contributed by atoms with E-state index in [2.05, 4.69) is 0 Å². The van der Waals surface area contributed by atoms with Crippen LogP contribution in [0.2, 0.25) is 0 Å². The summed E-state index contributed by atoms with van der Waals surface area (Å²) in [5, 5.41) is 0. The number of hydrogen-bond acceptors (Lipinski definition) is 3. The molecule has 0 aliphatic heterocycles. The van der Waals surface area contributed by atoms with E-state index in [-0.39, 0.29) is 0 Å². The third kappa shape index (κ3) is 2.95. The van der Waals surface area contributed by atoms with Gasteiger partial charge < -0.3 is 15.2 Å². The molecule has 0 radical (unpaired) electrons. The van der Waals surface area contributed by atoms with Gasteiger partial charge in [-0.25, -0.2) is 13.2 Å². The van der Waals surface area contributed by atoms with Gasteiger partial charge in [0.2, 0.25) is 0 Å². The Bertz CT molecular complexity index is 638. The Hall–Kier alpha value is -2.21. The van der Waals surface area contributed by atoms with E-state index in [0.29, 0.717) is 29.2 Å². The van der Waals surface area contributed by atoms with Crippen molar-refractivity contribution in [1.29, 1.82) is 0 Å². The molecule has 0 heterocycles. The molecule has 1 unspecified atom stereocenters. The van der Waals surface area contributed by atoms with Crippen LogP contribution in [0.1, 0.15) is 17.2 Å². The van der Waals surface area contributed by atoms with Crippen molar-refractivity contribution in [2.45, 2.75) is 6.04 Å². The Morgan fingerprint density at radius 3 is 2.00 bits per heavy atom. The molecule has 0 aliphatic carbocycles. The molecule has 0 aromatic heterocycles. The van der Waals surface area contributed by atoms with Crippen LogP contribution in [0.5, 0.6) is 11.5 Å². The van der Waals surface area contributed by atoms with Crippen molar-refractivity contribution in [1.82, 2.24) is 0 Å². The lowest BCUT2D eigenvalue weighted by Crippen LogP contribution is -2.16. The van der Waals surface area contributed by atoms with Crippen LogP contribution < -0.4 is 15.2 Å². The maximum atomic E-state index is 13.8. The Balaban J connectivity index is 2.47. The van der Waals surface area contributed by atoms with Gasteiger partial charge in [0.25, 0.3) is 0 Å². The summed E-state index contributed by atoms with van der Waals surface area (Å²) in [6, 6.07) is 4.76. The number of methoxy groups -OCH3 is 2. The van der Waals surface area contributed by atoms with Crippen LogP contribution in [0, 0.1) is 17.5 Å². The van der Waals surface area contributed by atoms with Gasteiger partial charge in [0.1, 0.15) is 17.5 Å². The molecule has 1 atom stereocenters. The third-order valence-electron chi connectivity index (χ3n) is 3.12. The number of benzene rings is 2. The van der Waals surface area contributed by atoms with E-state index >= 15 is 0 Å². The van der Waals surface area contributed by atoms with Crippen molar-refractivity contribution in [3.63, 3.8) is 0 Å². The van der Waals surface area contributed by atoms with Crippen LogP contribution in [-0.4, -0.2) is 14.2 Å². The SMILES string of the molecule is COc1ccc(C(N)c2c(F)cc(F)cc2F)cc1OC. The number of rotatable bonds is 4. The van der Waals surface area contributed by atoms with E-state index < -0.39 is 29.1 Å². The lowest BCUT2D eigenvalue weighted by molar-refractivity contribution is 0.354. The highest BCUT2D eigenvalue weighted by atomic mass is 19.1. The van der Waals surface area contributed by atoms with Gasteiger partial charge in [0.15, 0.2) is 11.5 Å². The summed E-state index contributed by atoms with van der Waals surface area (Å²) in [4.78, 5) is 0. The quantitative estimate of drug-likeness (QED) is 0.942. The molecule has 2 N–H and O–H groups in total. The lowest BCUT2D eigenvalue weighted by Gasteiger charge is -2.16. The first kappa shape index (κ1) is 15.2. The summed E-state index contributed by atoms with van der Waals surface area (Å²) in [5.41, 5.74) is 5.90. The van der Waals surface area contributed by atoms with Crippen molar-refractivity contribution < 1.29 is 22.6 Å². The van der Waals surface area contributed by atoms with E-state index in [0.717, 1.165) is 0 Å². The van der Waals surface area contributed by atoms with Crippen molar-refractivity contribution in [2.75, 3.05) is 14.2 Å². The summed E-state index contributed by atoms with van der Waals surface area (Å²) < 4.78 is 50.6. The standard InChI is InChI=1S/C15H14F3NO2/c1-20-12-4-3-8(5-13(12)21-2)15(19)14-10(17)6-9(16)7-11(14)18/h3-7,15H,19H2,1-2H3. The molecule has 2 aromatic rings. The molecule has 0 saturated carbocycles. The maximum absolute atomic E-state index is 13.8. The van der Waals surface area contributed by atoms with Gasteiger partial charge >= 0.3 is 0 Å². The zero-order valence-corrected chi connectivity index (χ0v) is 11.5. The Morgan fingerprint density at radius 2 is 1.48 bits per heavy atom. The zero-order chi connectivity index (χ0) is 15.6. The van der Waals surface area contributed by atoms with Crippen molar-refractivity contribution in [2.24, 2.45) is 5.73 Å². The molecule has 2 rings (SSSR count). The fourth-order valence-corrected chi connectivity index (χ4v) is 2.06. The minimum absolute atomic E-state index is 0.383. The summed E-state index contributed by atoms with van der Waals surface area (Å²) in [7, 11) is 2.91. The van der Waals surface area contributed by atoms with Gasteiger partial charge in [0, 0.05) is 17.7 Å². The summed E-state index contributed by atoms with van der Waals surface area (Å²) in [5.74, 6) is -2.21. The molecule has 0 fully saturated rings. The summed E-state index contributed by atoms with van der Waals surface area (Å²) in [6.07, 6.45) is 0. The average molecular weight is 297 g/mol. The van der Waals surface area contributed by atoms with Crippen molar-refractivity contribution in [3.05, 3.63) is 58.9 Å². The second-order valence-electron chi connectivity index (χ2n) is 4.38. The van der Waals surface area contributed by atoms with Gasteiger partial charge in [-0.15, -0.1) is 0 Å². The topological polar surface area (TPSA) is 44.5 Å². The van der Waals surface area contributed by atoms with Crippen LogP contribution in [0.25, 0.3) is 0 Å². The highest BCUT2D eigenvalue weighted by Crippen LogP contribution is 2.32. The van der Waals surface area contributed by atoms with Crippen LogP contribution in [0.3, 0.4) is 0 Å². The predicted octanol–water partition coefficient (Wildman–Crippen LogP) is 3.17. The Kier molecular flexibility index (Phi) is 4.37. The number of halogens is 3. The molecule has 112 valence electrons. The molecule has 6 heteroatoms. The van der Waals surface area contributed by atoms with Gasteiger partial charge in [0.05, 0.1) is 20.3 Å². The normalized spacial score (nSPS) is 12.1. The Labute approximate surface area is 120 Å². The van der Waals surface area contributed by atoms with E-state index in [4.69, 9.17) is 15.2 Å². The number of ether oxygens (including phenoxy) is 2. The highest BCUT2D eigenvalue weighted by Gasteiger charge is 2.21. The van der Waals surface area contributed by atoms with Crippen LogP contribution in [-0.2, 0) is 0 Å². The average Bonchev–Trinajstić information content (AvgIpc) is 2.45. The van der Waals surface area contributed by atoms with Crippen LogP contribution >= 0.6 is 0 Å². The van der Waals surface area contributed by atoms with E-state index in [9.17, 15) is 13.2 Å². The molecule has 3 nitrogen and oxygen atoms in total. The number of nitrogens with two attached hydrogens (primary N) is 1. The minimum atomic E-state index is -1.09. The molecule has 2 aromatic carbocycles. The number of hydrogen-bond donors (Lipinski definition) is 1. The fourth-order valence-electron chi connectivity index (χ4n) is 2.06. The molecule has 0 spiro atoms. The van der Waals surface area contributed by atoms with Crippen molar-refractivity contribution >= 4 is 0 Å². The predicted molar refractivity (Wildman–Crippen MR) is 71.9 cm³/mol. The lowest BCUT2D eigenvalue weighted by atomic mass is 9.98. The third-order valence-corrected chi connectivity index (χ3v) is 3.12. The van der Waals surface area contributed by atoms with Crippen LogP contribution in [0.4, 0.5) is 13.2 Å². The van der Waals surface area contributed by atoms with Gasteiger partial charge in [-0.2, -0.15) is 0 Å². The van der Waals surface area contributed by atoms with Gasteiger partial charge in [-0.1, -0.05) is 6.07 Å². The first-order chi connectivity index (χ1) is 9.97. The largest absolute Gasteiger partial charge is 0.493 e. The van der Waals surface area contributed by atoms with E-state index in [1.54, 1.807) is 12.1 Å². The summed E-state index contributed by atoms with van der Waals surface area (Å²) in [6.45, 7) is 0. The molecular weight excluding hydrogens is 283 g/mol. The zero-order valence-electron chi connectivity index (χ0n) is 11.5. The minimum Gasteiger partial charge on any atom is -0.493 e. The monoisotopic (exact) mass is 297 g/mol. The van der Waals surface area contributed by atoms with Crippen molar-refractivity contribution in [3.8, 4) is 11.5 Å². The Morgan fingerprint density at radius 1 is 0.905 bits per heavy atom. The second-order valence-corrected chi connectivity index (χ2v) is 4.38. The molecular formula is C15H14F3NO2. The van der Waals surface area contributed by atoms with Gasteiger partial charge in [-0.05, 0) is 17.7 Å². The van der Waals surface area contributed by atoms with Gasteiger partial charge in [-0.3, -0.25) is 0 Å². The molecule has 21 heavy (non-hydrogen) atoms. The molecule has 0 aliphatic rings. The second kappa shape index (κ2) is 6.05. The first-order valence-electron chi connectivity index (χ1n) is 6.10. The first-order valence-corrected chi connectivity index (χ1v) is 6.10. The molecule has 0 saturated heterocycles. The maximum Gasteiger partial charge on any atom is 0.161 e. The van der Waals surface area contributed by atoms with E-state index in [1.165, 1.54) is 20.3 Å². The molecule has 0 bridgehead atoms.